The van der Waals surface area contributed by atoms with Crippen molar-refractivity contribution in [3.05, 3.63) is 69.3 Å². The highest BCUT2D eigenvalue weighted by Crippen LogP contribution is 2.58. The summed E-state index contributed by atoms with van der Waals surface area (Å²) in [5.41, 5.74) is -0.449. The fourth-order valence-corrected chi connectivity index (χ4v) is 9.93. The fraction of sp³-hybridized carbons (Fsp3) is 0.652. The van der Waals surface area contributed by atoms with Gasteiger partial charge in [-0.15, -0.1) is 0 Å². The summed E-state index contributed by atoms with van der Waals surface area (Å²) in [6, 6.07) is 14.2. The average Bonchev–Trinajstić information content (AvgIpc) is 3.77. The Bertz CT molecular complexity index is 1800. The zero-order valence-electron chi connectivity index (χ0n) is 36.0. The van der Waals surface area contributed by atoms with Gasteiger partial charge in [0, 0.05) is 42.7 Å². The molecule has 60 heavy (non-hydrogen) atoms. The van der Waals surface area contributed by atoms with E-state index in [0.29, 0.717) is 12.8 Å². The molecule has 2 bridgehead atoms. The summed E-state index contributed by atoms with van der Waals surface area (Å²) >= 11 is 2.26. The van der Waals surface area contributed by atoms with Crippen LogP contribution in [0.3, 0.4) is 0 Å². The number of fused-ring (bicyclic) bond motifs is 4. The third-order valence-electron chi connectivity index (χ3n) is 12.3. The molecule has 2 N–H and O–H groups in total. The maximum absolute atomic E-state index is 15.7. The van der Waals surface area contributed by atoms with Gasteiger partial charge in [0.1, 0.15) is 41.5 Å². The van der Waals surface area contributed by atoms with Crippen molar-refractivity contribution in [1.82, 2.24) is 15.3 Å². The van der Waals surface area contributed by atoms with Gasteiger partial charge in [0.25, 0.3) is 0 Å². The van der Waals surface area contributed by atoms with Crippen LogP contribution in [0.15, 0.2) is 54.6 Å². The minimum atomic E-state index is -1.50. The predicted molar refractivity (Wildman–Crippen MR) is 232 cm³/mol. The molecular formula is C46H64IN3O10. The Labute approximate surface area is 368 Å². The molecule has 0 spiro atoms. The molecule has 2 aromatic rings. The number of nitrogens with zero attached hydrogens (tertiary/aromatic N) is 2. The highest BCUT2D eigenvalue weighted by Gasteiger charge is 2.76. The Balaban J connectivity index is 1.36. The molecule has 8 atom stereocenters. The molecule has 6 rings (SSSR count). The molecule has 0 aromatic heterocycles. The van der Waals surface area contributed by atoms with E-state index >= 15 is 4.79 Å². The summed E-state index contributed by atoms with van der Waals surface area (Å²) in [6.45, 7) is 9.43. The number of halogens is 1. The van der Waals surface area contributed by atoms with Crippen molar-refractivity contribution >= 4 is 46.3 Å². The van der Waals surface area contributed by atoms with E-state index in [1.54, 1.807) is 32.9 Å². The number of nitrogens with one attached hydrogen (secondary N) is 1. The molecule has 0 unspecified atom stereocenters. The Hall–Kier alpha value is -3.15. The Morgan fingerprint density at radius 2 is 1.63 bits per heavy atom. The van der Waals surface area contributed by atoms with Gasteiger partial charge < -0.3 is 34.3 Å². The normalized spacial score (nSPS) is 26.5. The molecule has 1 aliphatic carbocycles. The number of carbonyl (C=O) groups is 4. The molecule has 330 valence electrons. The van der Waals surface area contributed by atoms with Crippen molar-refractivity contribution in [2.24, 2.45) is 5.41 Å². The minimum Gasteiger partial charge on any atom is -0.460 e. The molecule has 4 aliphatic rings. The lowest BCUT2D eigenvalue weighted by atomic mass is 9.62. The number of hydroxylamine groups is 2. The van der Waals surface area contributed by atoms with Crippen LogP contribution in [0.1, 0.15) is 116 Å². The molecule has 3 heterocycles. The average molecular weight is 946 g/mol. The first-order chi connectivity index (χ1) is 28.6. The zero-order chi connectivity index (χ0) is 43.2. The first-order valence-corrected chi connectivity index (χ1v) is 22.9. The van der Waals surface area contributed by atoms with Crippen LogP contribution in [0.2, 0.25) is 0 Å². The number of aliphatic hydroxyl groups excluding tert-OH is 1. The third kappa shape index (κ3) is 10.2. The monoisotopic (exact) mass is 945 g/mol. The van der Waals surface area contributed by atoms with Gasteiger partial charge >= 0.3 is 11.9 Å². The summed E-state index contributed by atoms with van der Waals surface area (Å²) in [6.07, 6.45) is 4.52. The second-order valence-corrected chi connectivity index (χ2v) is 19.1. The molecular weight excluding hydrogens is 881 g/mol. The molecule has 0 radical (unpaired) electrons. The minimum absolute atomic E-state index is 0.0204. The molecule has 3 saturated heterocycles. The number of hydrogen-bond acceptors (Lipinski definition) is 11. The Kier molecular flexibility index (Phi) is 15.4. The van der Waals surface area contributed by atoms with Crippen molar-refractivity contribution in [3.63, 3.8) is 0 Å². The van der Waals surface area contributed by atoms with Crippen molar-refractivity contribution in [2.45, 2.75) is 172 Å². The van der Waals surface area contributed by atoms with E-state index in [1.807, 2.05) is 54.6 Å². The number of unbranched alkanes of at least 4 members (excludes halogenated alkanes) is 4. The van der Waals surface area contributed by atoms with E-state index in [2.05, 4.69) is 41.8 Å². The third-order valence-corrected chi connectivity index (χ3v) is 13.4. The van der Waals surface area contributed by atoms with Gasteiger partial charge in [0.2, 0.25) is 11.8 Å². The van der Waals surface area contributed by atoms with Crippen LogP contribution in [0.4, 0.5) is 0 Å². The number of ether oxygens (including phenoxy) is 4. The smallest absolute Gasteiger partial charge is 0.327 e. The standard InChI is InChI=1S/C46H64IN3O10/c1-7-9-16-24-45(25-17-10-8-2)58-37-35-27-46(39(42(54)56-35)50(60-40(46)38(37)59-45)28-31-20-14-15-21-33(31)47)43(55)49(6)34(26-30-18-12-11-13-19-30)41(53)48-32(29-51)22-23-36(52)57-44(3,4)5/h11-15,18-21,32,34-35,37-40,51H,7-10,16-17,22-29H2,1-6H3,(H,48,53)/t32-,34+,35+,37-,38-,39+,40+,46+/m0/s1. The van der Waals surface area contributed by atoms with Gasteiger partial charge in [0.15, 0.2) is 11.8 Å². The van der Waals surface area contributed by atoms with E-state index in [1.165, 1.54) is 4.90 Å². The van der Waals surface area contributed by atoms with Crippen LogP contribution >= 0.6 is 22.6 Å². The molecule has 13 nitrogen and oxygen atoms in total. The van der Waals surface area contributed by atoms with E-state index in [-0.39, 0.29) is 32.2 Å². The summed E-state index contributed by atoms with van der Waals surface area (Å²) < 4.78 is 26.7. The second kappa shape index (κ2) is 19.9. The summed E-state index contributed by atoms with van der Waals surface area (Å²) in [7, 11) is 1.59. The molecule has 14 heteroatoms. The first kappa shape index (κ1) is 46.4. The summed E-state index contributed by atoms with van der Waals surface area (Å²) in [4.78, 5) is 65.6. The molecule has 2 amide bonds. The van der Waals surface area contributed by atoms with Crippen molar-refractivity contribution < 1.29 is 48.1 Å². The lowest BCUT2D eigenvalue weighted by Crippen LogP contribution is -2.70. The number of benzene rings is 2. The van der Waals surface area contributed by atoms with Gasteiger partial charge in [-0.3, -0.25) is 24.0 Å². The maximum atomic E-state index is 15.7. The van der Waals surface area contributed by atoms with E-state index in [4.69, 9.17) is 23.8 Å². The molecule has 4 fully saturated rings. The summed E-state index contributed by atoms with van der Waals surface area (Å²) in [5, 5.41) is 14.9. The first-order valence-electron chi connectivity index (χ1n) is 21.8. The van der Waals surface area contributed by atoms with Gasteiger partial charge in [-0.05, 0) is 79.8 Å². The van der Waals surface area contributed by atoms with Crippen LogP contribution < -0.4 is 5.32 Å². The largest absolute Gasteiger partial charge is 0.460 e. The van der Waals surface area contributed by atoms with Gasteiger partial charge in [0.05, 0.1) is 19.2 Å². The van der Waals surface area contributed by atoms with Crippen LogP contribution in [-0.2, 0) is 55.9 Å². The molecule has 1 saturated carbocycles. The van der Waals surface area contributed by atoms with E-state index in [0.717, 1.165) is 53.2 Å². The molecule has 3 aliphatic heterocycles. The molecule has 2 aromatic carbocycles. The van der Waals surface area contributed by atoms with Crippen LogP contribution in [0.5, 0.6) is 0 Å². The fourth-order valence-electron chi connectivity index (χ4n) is 9.38. The van der Waals surface area contributed by atoms with Crippen LogP contribution in [0, 0.1) is 8.99 Å². The number of esters is 2. The van der Waals surface area contributed by atoms with Crippen molar-refractivity contribution in [3.8, 4) is 0 Å². The lowest BCUT2D eigenvalue weighted by molar-refractivity contribution is -0.225. The predicted octanol–water partition coefficient (Wildman–Crippen LogP) is 6.40. The van der Waals surface area contributed by atoms with Crippen molar-refractivity contribution in [1.29, 1.82) is 0 Å². The number of rotatable bonds is 20. The Morgan fingerprint density at radius 1 is 0.983 bits per heavy atom. The van der Waals surface area contributed by atoms with Crippen LogP contribution in [0.25, 0.3) is 0 Å². The van der Waals surface area contributed by atoms with Crippen molar-refractivity contribution in [2.75, 3.05) is 13.7 Å². The summed E-state index contributed by atoms with van der Waals surface area (Å²) in [5.74, 6) is -2.89. The maximum Gasteiger partial charge on any atom is 0.327 e. The van der Waals surface area contributed by atoms with Crippen LogP contribution in [-0.4, -0.2) is 106 Å². The highest BCUT2D eigenvalue weighted by molar-refractivity contribution is 14.1. The second-order valence-electron chi connectivity index (χ2n) is 17.9. The number of aliphatic hydroxyl groups is 1. The zero-order valence-corrected chi connectivity index (χ0v) is 38.2. The van der Waals surface area contributed by atoms with E-state index < -0.39 is 89.7 Å². The SMILES string of the molecule is CCCCCC1(CCCCC)O[C@@H]2[C@H](O1)[C@H]1ON(Cc3ccccc3I)[C@@H]3C(=O)O[C@@H]2C[C@]13C(=O)N(C)[C@H](Cc1ccccc1)C(=O)N[C@H](CO)CCC(=O)OC(C)(C)C. The van der Waals surface area contributed by atoms with Gasteiger partial charge in [-0.1, -0.05) is 88.1 Å². The highest BCUT2D eigenvalue weighted by atomic mass is 127. The quantitative estimate of drug-likeness (QED) is 0.0862. The Morgan fingerprint density at radius 3 is 2.27 bits per heavy atom. The number of amides is 2. The number of likely N-dealkylation sites (N-methyl/N-ethyl adjacent to an activating group) is 1. The van der Waals surface area contributed by atoms with E-state index in [9.17, 15) is 19.5 Å². The topological polar surface area (TPSA) is 153 Å². The number of carbonyl (C=O) groups excluding carboxylic acids is 4. The number of hydrogen-bond donors (Lipinski definition) is 2. The van der Waals surface area contributed by atoms with Gasteiger partial charge in [-0.2, -0.15) is 5.06 Å². The lowest BCUT2D eigenvalue weighted by Gasteiger charge is -2.50. The van der Waals surface area contributed by atoms with Gasteiger partial charge in [-0.25, -0.2) is 0 Å².